The molecule has 0 saturated carbocycles. The average Bonchev–Trinajstić information content (AvgIpc) is 2.76. The largest absolute Gasteiger partial charge is 0.315 e. The summed E-state index contributed by atoms with van der Waals surface area (Å²) in [4.78, 5) is 12.7. The number of thiophene rings is 1. The molecule has 0 fully saturated rings. The molecule has 0 atom stereocenters. The van der Waals surface area contributed by atoms with Gasteiger partial charge in [-0.05, 0) is 11.4 Å². The van der Waals surface area contributed by atoms with Crippen molar-refractivity contribution in [3.05, 3.63) is 37.7 Å². The van der Waals surface area contributed by atoms with Gasteiger partial charge in [0.15, 0.2) is 10.6 Å². The molecule has 0 saturated heterocycles. The molecule has 0 amide bonds. The third kappa shape index (κ3) is 2.37. The van der Waals surface area contributed by atoms with Gasteiger partial charge in [0.25, 0.3) is 0 Å². The molecule has 1 N–H and O–H groups in total. The second kappa shape index (κ2) is 4.30. The van der Waals surface area contributed by atoms with Crippen LogP contribution < -0.4 is 4.80 Å². The Kier molecular flexibility index (Phi) is 3.04. The van der Waals surface area contributed by atoms with Crippen molar-refractivity contribution < 1.29 is 4.79 Å². The molecule has 78 valence electrons. The molecule has 0 aromatic carbocycles. The summed E-state index contributed by atoms with van der Waals surface area (Å²) >= 11 is 8.31. The summed E-state index contributed by atoms with van der Waals surface area (Å²) < 4.78 is 2.08. The highest BCUT2D eigenvalue weighted by molar-refractivity contribution is 7.13. The SMILES string of the molecule is N=c1sc(Cl)cn1CC(=O)c1cccs1. The number of aromatic nitrogens is 1. The predicted molar refractivity (Wildman–Crippen MR) is 61.8 cm³/mol. The van der Waals surface area contributed by atoms with Gasteiger partial charge in [-0.15, -0.1) is 11.3 Å². The topological polar surface area (TPSA) is 45.9 Å². The molecule has 2 aromatic rings. The second-order valence-electron chi connectivity index (χ2n) is 2.87. The van der Waals surface area contributed by atoms with Crippen LogP contribution in [0.15, 0.2) is 23.7 Å². The number of halogens is 1. The summed E-state index contributed by atoms with van der Waals surface area (Å²) in [6.45, 7) is 0.183. The zero-order valence-electron chi connectivity index (χ0n) is 7.57. The maximum atomic E-state index is 11.7. The number of hydrogen-bond donors (Lipinski definition) is 1. The quantitative estimate of drug-likeness (QED) is 0.846. The second-order valence-corrected chi connectivity index (χ2v) is 5.48. The Morgan fingerprint density at radius 3 is 2.93 bits per heavy atom. The minimum atomic E-state index is 0.0120. The summed E-state index contributed by atoms with van der Waals surface area (Å²) in [5, 5.41) is 9.42. The lowest BCUT2D eigenvalue weighted by Crippen LogP contribution is -2.17. The number of ketones is 1. The first-order valence-electron chi connectivity index (χ1n) is 4.14. The third-order valence-electron chi connectivity index (χ3n) is 1.82. The van der Waals surface area contributed by atoms with Crippen molar-refractivity contribution in [1.82, 2.24) is 4.57 Å². The molecule has 0 aliphatic carbocycles. The minimum absolute atomic E-state index is 0.0120. The van der Waals surface area contributed by atoms with Crippen molar-refractivity contribution in [3.8, 4) is 0 Å². The highest BCUT2D eigenvalue weighted by Gasteiger charge is 2.09. The first-order valence-corrected chi connectivity index (χ1v) is 6.21. The number of rotatable bonds is 3. The Morgan fingerprint density at radius 1 is 1.60 bits per heavy atom. The van der Waals surface area contributed by atoms with Crippen LogP contribution in [0.2, 0.25) is 4.34 Å². The van der Waals surface area contributed by atoms with E-state index in [1.165, 1.54) is 11.3 Å². The Hall–Kier alpha value is -0.910. The molecule has 2 heterocycles. The van der Waals surface area contributed by atoms with Gasteiger partial charge in [-0.3, -0.25) is 10.2 Å². The van der Waals surface area contributed by atoms with Gasteiger partial charge in [-0.1, -0.05) is 29.0 Å². The average molecular weight is 259 g/mol. The molecule has 0 aliphatic heterocycles. The highest BCUT2D eigenvalue weighted by atomic mass is 35.5. The zero-order valence-corrected chi connectivity index (χ0v) is 9.96. The molecular formula is C9H7ClN2OS2. The summed E-state index contributed by atoms with van der Waals surface area (Å²) in [6.07, 6.45) is 1.61. The molecule has 0 spiro atoms. The molecule has 15 heavy (non-hydrogen) atoms. The Labute approximate surface area is 99.1 Å². The number of Topliss-reactive ketones (excluding diaryl/α,β-unsaturated/α-hetero) is 1. The van der Waals surface area contributed by atoms with Crippen LogP contribution in [-0.2, 0) is 6.54 Å². The van der Waals surface area contributed by atoms with Gasteiger partial charge in [0, 0.05) is 6.20 Å². The number of nitrogens with one attached hydrogen (secondary N) is 1. The summed E-state index contributed by atoms with van der Waals surface area (Å²) in [6, 6.07) is 3.62. The minimum Gasteiger partial charge on any atom is -0.315 e. The van der Waals surface area contributed by atoms with Crippen molar-refractivity contribution >= 4 is 40.1 Å². The van der Waals surface area contributed by atoms with Crippen LogP contribution in [0.1, 0.15) is 9.67 Å². The lowest BCUT2D eigenvalue weighted by Gasteiger charge is -1.98. The van der Waals surface area contributed by atoms with E-state index in [1.807, 2.05) is 11.4 Å². The number of nitrogens with zero attached hydrogens (tertiary/aromatic N) is 1. The lowest BCUT2D eigenvalue weighted by molar-refractivity contribution is 0.0975. The van der Waals surface area contributed by atoms with E-state index in [9.17, 15) is 4.79 Å². The number of hydrogen-bond acceptors (Lipinski definition) is 4. The van der Waals surface area contributed by atoms with Gasteiger partial charge in [0.05, 0.1) is 11.4 Å². The standard InChI is InChI=1S/C9H7ClN2OS2/c10-8-5-12(9(11)15-8)4-6(13)7-2-1-3-14-7/h1-3,5,11H,4H2. The Bertz CT molecular complexity index is 527. The highest BCUT2D eigenvalue weighted by Crippen LogP contribution is 2.13. The molecule has 3 nitrogen and oxygen atoms in total. The summed E-state index contributed by atoms with van der Waals surface area (Å²) in [7, 11) is 0. The maximum absolute atomic E-state index is 11.7. The van der Waals surface area contributed by atoms with E-state index in [2.05, 4.69) is 0 Å². The molecular weight excluding hydrogens is 252 g/mol. The normalized spacial score (nSPS) is 10.5. The van der Waals surface area contributed by atoms with Crippen LogP contribution in [-0.4, -0.2) is 10.4 Å². The van der Waals surface area contributed by atoms with Gasteiger partial charge >= 0.3 is 0 Å². The van der Waals surface area contributed by atoms with Crippen LogP contribution in [0.4, 0.5) is 0 Å². The zero-order chi connectivity index (χ0) is 10.8. The Morgan fingerprint density at radius 2 is 2.40 bits per heavy atom. The monoisotopic (exact) mass is 258 g/mol. The van der Waals surface area contributed by atoms with E-state index < -0.39 is 0 Å². The van der Waals surface area contributed by atoms with E-state index in [4.69, 9.17) is 17.0 Å². The van der Waals surface area contributed by atoms with Gasteiger partial charge in [-0.25, -0.2) is 0 Å². The van der Waals surface area contributed by atoms with Crippen LogP contribution in [0.3, 0.4) is 0 Å². The predicted octanol–water partition coefficient (Wildman–Crippen LogP) is 2.63. The molecule has 0 aliphatic rings. The van der Waals surface area contributed by atoms with Crippen molar-refractivity contribution in [2.75, 3.05) is 0 Å². The maximum Gasteiger partial charge on any atom is 0.192 e. The van der Waals surface area contributed by atoms with E-state index in [1.54, 1.807) is 16.8 Å². The third-order valence-corrected chi connectivity index (χ3v) is 3.79. The Balaban J connectivity index is 2.20. The first-order chi connectivity index (χ1) is 7.16. The molecule has 2 rings (SSSR count). The van der Waals surface area contributed by atoms with Crippen molar-refractivity contribution in [2.45, 2.75) is 6.54 Å². The smallest absolute Gasteiger partial charge is 0.192 e. The molecule has 0 unspecified atom stereocenters. The van der Waals surface area contributed by atoms with Gasteiger partial charge < -0.3 is 4.57 Å². The number of carbonyl (C=O) groups is 1. The van der Waals surface area contributed by atoms with E-state index in [0.29, 0.717) is 14.0 Å². The fraction of sp³-hybridized carbons (Fsp3) is 0.111. The number of thiazole rings is 1. The lowest BCUT2D eigenvalue weighted by atomic mass is 10.3. The fourth-order valence-electron chi connectivity index (χ4n) is 1.15. The summed E-state index contributed by atoms with van der Waals surface area (Å²) in [5.74, 6) is 0.0120. The van der Waals surface area contributed by atoms with Crippen LogP contribution in [0.25, 0.3) is 0 Å². The van der Waals surface area contributed by atoms with Crippen molar-refractivity contribution in [2.24, 2.45) is 0 Å². The molecule has 2 aromatic heterocycles. The number of carbonyl (C=O) groups excluding carboxylic acids is 1. The first kappa shape index (κ1) is 10.6. The van der Waals surface area contributed by atoms with Gasteiger partial charge in [0.1, 0.15) is 4.34 Å². The van der Waals surface area contributed by atoms with E-state index >= 15 is 0 Å². The van der Waals surface area contributed by atoms with Gasteiger partial charge in [-0.2, -0.15) is 0 Å². The van der Waals surface area contributed by atoms with Crippen LogP contribution in [0, 0.1) is 5.41 Å². The van der Waals surface area contributed by atoms with Crippen LogP contribution >= 0.6 is 34.3 Å². The fourth-order valence-corrected chi connectivity index (χ4v) is 2.74. The van der Waals surface area contributed by atoms with Gasteiger partial charge in [0.2, 0.25) is 0 Å². The van der Waals surface area contributed by atoms with Crippen molar-refractivity contribution in [3.63, 3.8) is 0 Å². The van der Waals surface area contributed by atoms with Crippen molar-refractivity contribution in [1.29, 1.82) is 5.41 Å². The molecule has 0 radical (unpaired) electrons. The van der Waals surface area contributed by atoms with Crippen LogP contribution in [0.5, 0.6) is 0 Å². The van der Waals surface area contributed by atoms with E-state index in [-0.39, 0.29) is 12.3 Å². The molecule has 6 heteroatoms. The van der Waals surface area contributed by atoms with E-state index in [0.717, 1.165) is 11.3 Å². The molecule has 0 bridgehead atoms. The summed E-state index contributed by atoms with van der Waals surface area (Å²) in [5.41, 5.74) is 0.